The fraction of sp³-hybridized carbons (Fsp3) is 0.375. The highest BCUT2D eigenvalue weighted by Crippen LogP contribution is 2.10. The van der Waals surface area contributed by atoms with Gasteiger partial charge in [0.25, 0.3) is 0 Å². The third-order valence-corrected chi connectivity index (χ3v) is 3.58. The van der Waals surface area contributed by atoms with Crippen LogP contribution >= 0.6 is 0 Å². The third-order valence-electron chi connectivity index (χ3n) is 2.20. The summed E-state index contributed by atoms with van der Waals surface area (Å²) < 4.78 is 26.2. The molecule has 4 N–H and O–H groups in total. The van der Waals surface area contributed by atoms with Crippen LogP contribution in [0.4, 0.5) is 0 Å². The molecule has 0 atom stereocenters. The SMILES string of the molecule is CNCc1cc(S(=O)(=O)NCc2nn[nH]n2)c[nH]1. The Morgan fingerprint density at radius 1 is 1.39 bits per heavy atom. The molecular formula is C8H13N7O2S. The fourth-order valence-electron chi connectivity index (χ4n) is 1.37. The number of hydrogen-bond acceptors (Lipinski definition) is 6. The van der Waals surface area contributed by atoms with E-state index in [4.69, 9.17) is 0 Å². The van der Waals surface area contributed by atoms with Crippen molar-refractivity contribution >= 4 is 10.0 Å². The molecule has 2 aromatic heterocycles. The van der Waals surface area contributed by atoms with Crippen molar-refractivity contribution in [2.75, 3.05) is 7.05 Å². The zero-order chi connectivity index (χ0) is 13.0. The summed E-state index contributed by atoms with van der Waals surface area (Å²) in [6.07, 6.45) is 1.44. The van der Waals surface area contributed by atoms with Gasteiger partial charge in [-0.3, -0.25) is 0 Å². The molecule has 0 aromatic carbocycles. The van der Waals surface area contributed by atoms with Crippen LogP contribution in [-0.4, -0.2) is 41.1 Å². The van der Waals surface area contributed by atoms with Gasteiger partial charge in [0.1, 0.15) is 0 Å². The Labute approximate surface area is 103 Å². The van der Waals surface area contributed by atoms with Crippen LogP contribution in [0.1, 0.15) is 11.5 Å². The monoisotopic (exact) mass is 271 g/mol. The molecule has 0 aliphatic rings. The molecule has 0 unspecified atom stereocenters. The Balaban J connectivity index is 2.05. The van der Waals surface area contributed by atoms with Gasteiger partial charge in [0.05, 0.1) is 11.4 Å². The van der Waals surface area contributed by atoms with E-state index in [1.807, 2.05) is 0 Å². The Kier molecular flexibility index (Phi) is 3.69. The van der Waals surface area contributed by atoms with E-state index in [0.29, 0.717) is 6.54 Å². The summed E-state index contributed by atoms with van der Waals surface area (Å²) in [4.78, 5) is 3.05. The maximum atomic E-state index is 11.9. The highest BCUT2D eigenvalue weighted by Gasteiger charge is 2.16. The Hall–Kier alpha value is -1.78. The van der Waals surface area contributed by atoms with Crippen LogP contribution in [0.2, 0.25) is 0 Å². The first-order chi connectivity index (χ1) is 8.62. The number of hydrogen-bond donors (Lipinski definition) is 4. The van der Waals surface area contributed by atoms with Crippen molar-refractivity contribution in [2.24, 2.45) is 0 Å². The summed E-state index contributed by atoms with van der Waals surface area (Å²) in [6.45, 7) is 0.561. The Morgan fingerprint density at radius 2 is 2.22 bits per heavy atom. The summed E-state index contributed by atoms with van der Waals surface area (Å²) in [5.41, 5.74) is 0.789. The Bertz CT molecular complexity index is 589. The third kappa shape index (κ3) is 2.91. The number of H-pyrrole nitrogens is 2. The first-order valence-corrected chi connectivity index (χ1v) is 6.64. The van der Waals surface area contributed by atoms with Crippen LogP contribution in [0.15, 0.2) is 17.2 Å². The second-order valence-electron chi connectivity index (χ2n) is 3.54. The number of rotatable bonds is 6. The van der Waals surface area contributed by atoms with Crippen molar-refractivity contribution in [1.82, 2.24) is 35.6 Å². The Morgan fingerprint density at radius 3 is 2.89 bits per heavy atom. The van der Waals surface area contributed by atoms with Crippen LogP contribution in [0.5, 0.6) is 0 Å². The van der Waals surface area contributed by atoms with Crippen LogP contribution in [0.25, 0.3) is 0 Å². The molecule has 0 bridgehead atoms. The number of nitrogens with one attached hydrogen (secondary N) is 4. The van der Waals surface area contributed by atoms with E-state index in [9.17, 15) is 8.42 Å². The van der Waals surface area contributed by atoms with Gasteiger partial charge >= 0.3 is 0 Å². The van der Waals surface area contributed by atoms with Crippen LogP contribution < -0.4 is 10.0 Å². The van der Waals surface area contributed by atoms with Crippen molar-refractivity contribution in [3.05, 3.63) is 23.8 Å². The van der Waals surface area contributed by atoms with E-state index in [2.05, 4.69) is 35.6 Å². The normalized spacial score (nSPS) is 11.8. The lowest BCUT2D eigenvalue weighted by molar-refractivity contribution is 0.579. The van der Waals surface area contributed by atoms with Gasteiger partial charge in [0.15, 0.2) is 5.82 Å². The van der Waals surface area contributed by atoms with Gasteiger partial charge in [-0.1, -0.05) is 5.21 Å². The molecule has 2 aromatic rings. The second kappa shape index (κ2) is 5.25. The molecule has 98 valence electrons. The standard InChI is InChI=1S/C8H13N7O2S/c1-9-3-6-2-7(4-10-6)18(16,17)11-5-8-12-14-15-13-8/h2,4,9-11H,3,5H2,1H3,(H,12,13,14,15). The van der Waals surface area contributed by atoms with Crippen LogP contribution in [0, 0.1) is 0 Å². The summed E-state index contributed by atoms with van der Waals surface area (Å²) in [5.74, 6) is 0.282. The van der Waals surface area contributed by atoms with E-state index in [0.717, 1.165) is 5.69 Å². The lowest BCUT2D eigenvalue weighted by Crippen LogP contribution is -2.23. The highest BCUT2D eigenvalue weighted by molar-refractivity contribution is 7.89. The fourth-order valence-corrected chi connectivity index (χ4v) is 2.36. The average Bonchev–Trinajstić information content (AvgIpc) is 2.98. The number of aromatic amines is 2. The van der Waals surface area contributed by atoms with Crippen molar-refractivity contribution in [3.8, 4) is 0 Å². The minimum atomic E-state index is -3.56. The average molecular weight is 271 g/mol. The van der Waals surface area contributed by atoms with Crippen LogP contribution in [-0.2, 0) is 23.1 Å². The maximum absolute atomic E-state index is 11.9. The summed E-state index contributed by atoms with van der Waals surface area (Å²) in [6, 6.07) is 1.56. The molecule has 0 saturated heterocycles. The number of sulfonamides is 1. The zero-order valence-corrected chi connectivity index (χ0v) is 10.5. The molecule has 18 heavy (non-hydrogen) atoms. The van der Waals surface area contributed by atoms with Crippen molar-refractivity contribution in [3.63, 3.8) is 0 Å². The number of tetrazole rings is 1. The molecule has 2 heterocycles. The van der Waals surface area contributed by atoms with Gasteiger partial charge in [-0.25, -0.2) is 13.1 Å². The molecule has 10 heteroatoms. The molecule has 0 saturated carbocycles. The first-order valence-electron chi connectivity index (χ1n) is 5.15. The second-order valence-corrected chi connectivity index (χ2v) is 5.31. The van der Waals surface area contributed by atoms with Gasteiger partial charge in [0.2, 0.25) is 10.0 Å². The molecule has 0 radical (unpaired) electrons. The topological polar surface area (TPSA) is 128 Å². The smallest absolute Gasteiger partial charge is 0.242 e. The summed E-state index contributed by atoms with van der Waals surface area (Å²) in [7, 11) is -1.78. The zero-order valence-electron chi connectivity index (χ0n) is 9.64. The number of nitrogens with zero attached hydrogens (tertiary/aromatic N) is 3. The van der Waals surface area contributed by atoms with Crippen molar-refractivity contribution < 1.29 is 8.42 Å². The van der Waals surface area contributed by atoms with E-state index in [-0.39, 0.29) is 17.3 Å². The van der Waals surface area contributed by atoms with Gasteiger partial charge in [-0.05, 0) is 13.1 Å². The molecule has 0 amide bonds. The van der Waals surface area contributed by atoms with E-state index in [1.165, 1.54) is 6.20 Å². The van der Waals surface area contributed by atoms with Crippen molar-refractivity contribution in [1.29, 1.82) is 0 Å². The van der Waals surface area contributed by atoms with E-state index < -0.39 is 10.0 Å². The molecule has 0 aliphatic heterocycles. The van der Waals surface area contributed by atoms with E-state index in [1.54, 1.807) is 13.1 Å². The molecule has 2 rings (SSSR count). The molecule has 0 aliphatic carbocycles. The lowest BCUT2D eigenvalue weighted by atomic mass is 10.4. The quantitative estimate of drug-likeness (QED) is 0.518. The largest absolute Gasteiger partial charge is 0.363 e. The maximum Gasteiger partial charge on any atom is 0.242 e. The highest BCUT2D eigenvalue weighted by atomic mass is 32.2. The number of aromatic nitrogens is 5. The van der Waals surface area contributed by atoms with Gasteiger partial charge in [-0.15, -0.1) is 10.2 Å². The first kappa shape index (κ1) is 12.7. The van der Waals surface area contributed by atoms with Gasteiger partial charge < -0.3 is 10.3 Å². The molecular weight excluding hydrogens is 258 g/mol. The molecule has 0 spiro atoms. The minimum Gasteiger partial charge on any atom is -0.363 e. The van der Waals surface area contributed by atoms with Crippen LogP contribution in [0.3, 0.4) is 0 Å². The lowest BCUT2D eigenvalue weighted by Gasteiger charge is -2.01. The van der Waals surface area contributed by atoms with Gasteiger partial charge in [0, 0.05) is 18.4 Å². The summed E-state index contributed by atoms with van der Waals surface area (Å²) in [5, 5.41) is 15.8. The predicted molar refractivity (Wildman–Crippen MR) is 61.8 cm³/mol. The van der Waals surface area contributed by atoms with Crippen molar-refractivity contribution in [2.45, 2.75) is 18.0 Å². The summed E-state index contributed by atoms with van der Waals surface area (Å²) >= 11 is 0. The minimum absolute atomic E-state index is 0.00856. The predicted octanol–water partition coefficient (Wildman–Crippen LogP) is -1.27. The van der Waals surface area contributed by atoms with Gasteiger partial charge in [-0.2, -0.15) is 5.21 Å². The van der Waals surface area contributed by atoms with E-state index >= 15 is 0 Å². The molecule has 9 nitrogen and oxygen atoms in total. The molecule has 0 fully saturated rings.